The molecule has 0 spiro atoms. The summed E-state index contributed by atoms with van der Waals surface area (Å²) in [5, 5.41) is 6.77. The fraction of sp³-hybridized carbons (Fsp3) is 0.625. The predicted molar refractivity (Wildman–Crippen MR) is 44.7 cm³/mol. The highest BCUT2D eigenvalue weighted by Gasteiger charge is 1.99. The first-order chi connectivity index (χ1) is 5.83. The molecule has 0 aliphatic heterocycles. The third-order valence-electron chi connectivity index (χ3n) is 1.62. The minimum atomic E-state index is 0.230. The predicted octanol–water partition coefficient (Wildman–Crippen LogP) is 0.799. The molecule has 1 rings (SSSR count). The van der Waals surface area contributed by atoms with Crippen molar-refractivity contribution in [1.82, 2.24) is 10.5 Å². The fourth-order valence-electron chi connectivity index (χ4n) is 0.815. The van der Waals surface area contributed by atoms with Crippen LogP contribution in [0.3, 0.4) is 0 Å². The topological polar surface area (TPSA) is 47.3 Å². The summed E-state index contributed by atoms with van der Waals surface area (Å²) < 4.78 is 9.96. The van der Waals surface area contributed by atoms with E-state index >= 15 is 0 Å². The average molecular weight is 170 g/mol. The number of hydrogen-bond donors (Lipinski definition) is 1. The standard InChI is InChI=1S/C8H14N2O2/c1-7(11-2)5-9-6-8-3-4-10-12-8/h3-4,7,9H,5-6H2,1-2H3. The number of nitrogens with one attached hydrogen (secondary N) is 1. The summed E-state index contributed by atoms with van der Waals surface area (Å²) >= 11 is 0. The van der Waals surface area contributed by atoms with Gasteiger partial charge in [-0.1, -0.05) is 5.16 Å². The molecule has 0 bridgehead atoms. The van der Waals surface area contributed by atoms with Crippen LogP contribution >= 0.6 is 0 Å². The van der Waals surface area contributed by atoms with Gasteiger partial charge < -0.3 is 14.6 Å². The molecule has 12 heavy (non-hydrogen) atoms. The number of aromatic nitrogens is 1. The first kappa shape index (κ1) is 9.22. The molecule has 1 atom stereocenters. The zero-order valence-corrected chi connectivity index (χ0v) is 7.41. The van der Waals surface area contributed by atoms with Crippen molar-refractivity contribution < 1.29 is 9.26 Å². The smallest absolute Gasteiger partial charge is 0.150 e. The summed E-state index contributed by atoms with van der Waals surface area (Å²) in [6, 6.07) is 1.84. The Morgan fingerprint density at radius 1 is 1.75 bits per heavy atom. The second-order valence-electron chi connectivity index (χ2n) is 2.66. The van der Waals surface area contributed by atoms with E-state index in [-0.39, 0.29) is 6.10 Å². The van der Waals surface area contributed by atoms with E-state index in [0.717, 1.165) is 12.3 Å². The maximum atomic E-state index is 5.06. The highest BCUT2D eigenvalue weighted by atomic mass is 16.5. The maximum absolute atomic E-state index is 5.06. The molecule has 0 aromatic carbocycles. The van der Waals surface area contributed by atoms with E-state index in [1.807, 2.05) is 13.0 Å². The SMILES string of the molecule is COC(C)CNCc1ccno1. The van der Waals surface area contributed by atoms with E-state index in [0.29, 0.717) is 6.54 Å². The largest absolute Gasteiger partial charge is 0.380 e. The Bertz CT molecular complexity index is 199. The third-order valence-corrected chi connectivity index (χ3v) is 1.62. The van der Waals surface area contributed by atoms with Crippen LogP contribution < -0.4 is 5.32 Å². The zero-order chi connectivity index (χ0) is 8.81. The van der Waals surface area contributed by atoms with Crippen LogP contribution in [-0.2, 0) is 11.3 Å². The maximum Gasteiger partial charge on any atom is 0.150 e. The summed E-state index contributed by atoms with van der Waals surface area (Å²) in [7, 11) is 1.70. The van der Waals surface area contributed by atoms with Crippen molar-refractivity contribution in [3.63, 3.8) is 0 Å². The molecular formula is C8H14N2O2. The highest BCUT2D eigenvalue weighted by Crippen LogP contribution is 1.95. The Morgan fingerprint density at radius 3 is 3.17 bits per heavy atom. The second-order valence-corrected chi connectivity index (χ2v) is 2.66. The van der Waals surface area contributed by atoms with E-state index in [9.17, 15) is 0 Å². The van der Waals surface area contributed by atoms with Gasteiger partial charge in [-0.05, 0) is 6.92 Å². The van der Waals surface area contributed by atoms with Crippen LogP contribution in [-0.4, -0.2) is 24.9 Å². The Kier molecular flexibility index (Phi) is 3.76. The van der Waals surface area contributed by atoms with E-state index < -0.39 is 0 Å². The van der Waals surface area contributed by atoms with Crippen LogP contribution in [0.4, 0.5) is 0 Å². The van der Waals surface area contributed by atoms with Gasteiger partial charge >= 0.3 is 0 Å². The molecule has 1 aromatic rings. The van der Waals surface area contributed by atoms with Crippen LogP contribution in [0.15, 0.2) is 16.8 Å². The normalized spacial score (nSPS) is 13.2. The molecule has 1 unspecified atom stereocenters. The molecule has 4 heteroatoms. The minimum Gasteiger partial charge on any atom is -0.380 e. The van der Waals surface area contributed by atoms with Crippen molar-refractivity contribution in [1.29, 1.82) is 0 Å². The van der Waals surface area contributed by atoms with Gasteiger partial charge in [-0.25, -0.2) is 0 Å². The number of rotatable bonds is 5. The van der Waals surface area contributed by atoms with Gasteiger partial charge in [0.05, 0.1) is 18.8 Å². The van der Waals surface area contributed by atoms with Crippen LogP contribution in [0, 0.1) is 0 Å². The van der Waals surface area contributed by atoms with Gasteiger partial charge in [-0.2, -0.15) is 0 Å². The number of nitrogens with zero attached hydrogens (tertiary/aromatic N) is 1. The molecule has 0 saturated heterocycles. The Hall–Kier alpha value is -0.870. The highest BCUT2D eigenvalue weighted by molar-refractivity contribution is 4.91. The van der Waals surface area contributed by atoms with Crippen molar-refractivity contribution in [3.8, 4) is 0 Å². The van der Waals surface area contributed by atoms with Gasteiger partial charge in [0.25, 0.3) is 0 Å². The van der Waals surface area contributed by atoms with Gasteiger partial charge in [0, 0.05) is 19.7 Å². The van der Waals surface area contributed by atoms with Crippen molar-refractivity contribution in [2.24, 2.45) is 0 Å². The number of hydrogen-bond acceptors (Lipinski definition) is 4. The lowest BCUT2D eigenvalue weighted by Gasteiger charge is -2.08. The molecule has 68 valence electrons. The van der Waals surface area contributed by atoms with E-state index in [1.54, 1.807) is 13.3 Å². The van der Waals surface area contributed by atoms with Crippen molar-refractivity contribution >= 4 is 0 Å². The van der Waals surface area contributed by atoms with Crippen molar-refractivity contribution in [2.75, 3.05) is 13.7 Å². The Morgan fingerprint density at radius 2 is 2.58 bits per heavy atom. The third kappa shape index (κ3) is 3.02. The van der Waals surface area contributed by atoms with Crippen LogP contribution in [0.5, 0.6) is 0 Å². The minimum absolute atomic E-state index is 0.230. The van der Waals surface area contributed by atoms with Crippen LogP contribution in [0.25, 0.3) is 0 Å². The second kappa shape index (κ2) is 4.90. The molecule has 1 aromatic heterocycles. The van der Waals surface area contributed by atoms with Crippen molar-refractivity contribution in [3.05, 3.63) is 18.0 Å². The lowest BCUT2D eigenvalue weighted by molar-refractivity contribution is 0.116. The Balaban J connectivity index is 2.11. The molecule has 0 aliphatic carbocycles. The fourth-order valence-corrected chi connectivity index (χ4v) is 0.815. The molecule has 0 saturated carbocycles. The van der Waals surface area contributed by atoms with E-state index in [2.05, 4.69) is 10.5 Å². The average Bonchev–Trinajstić information content (AvgIpc) is 2.57. The van der Waals surface area contributed by atoms with Gasteiger partial charge in [0.15, 0.2) is 0 Å². The number of methoxy groups -OCH3 is 1. The molecule has 1 N–H and O–H groups in total. The van der Waals surface area contributed by atoms with Crippen LogP contribution in [0.2, 0.25) is 0 Å². The zero-order valence-electron chi connectivity index (χ0n) is 7.41. The first-order valence-electron chi connectivity index (χ1n) is 3.96. The lowest BCUT2D eigenvalue weighted by atomic mass is 10.4. The summed E-state index contributed by atoms with van der Waals surface area (Å²) in [5.74, 6) is 0.846. The molecule has 4 nitrogen and oxygen atoms in total. The Labute approximate surface area is 71.9 Å². The molecule has 0 radical (unpaired) electrons. The molecule has 0 fully saturated rings. The monoisotopic (exact) mass is 170 g/mol. The van der Waals surface area contributed by atoms with Gasteiger partial charge in [0.2, 0.25) is 0 Å². The summed E-state index contributed by atoms with van der Waals surface area (Å²) in [6.07, 6.45) is 1.87. The van der Waals surface area contributed by atoms with E-state index in [4.69, 9.17) is 9.26 Å². The molecular weight excluding hydrogens is 156 g/mol. The quantitative estimate of drug-likeness (QED) is 0.710. The van der Waals surface area contributed by atoms with Gasteiger partial charge in [0.1, 0.15) is 5.76 Å². The molecule has 0 amide bonds. The van der Waals surface area contributed by atoms with E-state index in [1.165, 1.54) is 0 Å². The molecule has 0 aliphatic rings. The van der Waals surface area contributed by atoms with Gasteiger partial charge in [-0.3, -0.25) is 0 Å². The van der Waals surface area contributed by atoms with Gasteiger partial charge in [-0.15, -0.1) is 0 Å². The summed E-state index contributed by atoms with van der Waals surface area (Å²) in [4.78, 5) is 0. The van der Waals surface area contributed by atoms with Crippen LogP contribution in [0.1, 0.15) is 12.7 Å². The summed E-state index contributed by atoms with van der Waals surface area (Å²) in [5.41, 5.74) is 0. The summed E-state index contributed by atoms with van der Waals surface area (Å²) in [6.45, 7) is 3.53. The van der Waals surface area contributed by atoms with Crippen molar-refractivity contribution in [2.45, 2.75) is 19.6 Å². The number of ether oxygens (including phenoxy) is 1. The first-order valence-corrected chi connectivity index (χ1v) is 3.96. The molecule has 1 heterocycles. The lowest BCUT2D eigenvalue weighted by Crippen LogP contribution is -2.25.